The van der Waals surface area contributed by atoms with E-state index in [0.29, 0.717) is 5.75 Å². The van der Waals surface area contributed by atoms with Crippen molar-refractivity contribution >= 4 is 27.5 Å². The highest BCUT2D eigenvalue weighted by molar-refractivity contribution is 7.92. The number of carbonyl (C=O) groups excluding carboxylic acids is 2. The van der Waals surface area contributed by atoms with Gasteiger partial charge in [0.1, 0.15) is 29.9 Å². The van der Waals surface area contributed by atoms with Crippen LogP contribution in [-0.2, 0) is 32.6 Å². The second kappa shape index (κ2) is 16.0. The van der Waals surface area contributed by atoms with Crippen LogP contribution in [0.4, 0.5) is 10.1 Å². The van der Waals surface area contributed by atoms with Crippen molar-refractivity contribution < 1.29 is 31.9 Å². The van der Waals surface area contributed by atoms with Gasteiger partial charge in [0, 0.05) is 30.6 Å². The minimum atomic E-state index is -4.39. The molecule has 0 radical (unpaired) electrons. The molecule has 0 spiro atoms. The molecule has 0 heterocycles. The number of sulfonamides is 1. The molecule has 0 bridgehead atoms. The van der Waals surface area contributed by atoms with Gasteiger partial charge in [0.2, 0.25) is 11.8 Å². The Morgan fingerprint density at radius 2 is 1.57 bits per heavy atom. The van der Waals surface area contributed by atoms with Crippen LogP contribution >= 0.6 is 0 Å². The first kappa shape index (κ1) is 35.4. The summed E-state index contributed by atoms with van der Waals surface area (Å²) in [6.45, 7) is 0.859. The van der Waals surface area contributed by atoms with E-state index >= 15 is 4.39 Å². The number of rotatable bonds is 14. The number of hydrogen-bond acceptors (Lipinski definition) is 6. The molecule has 0 saturated heterocycles. The zero-order valence-corrected chi connectivity index (χ0v) is 28.8. The number of nitrogens with zero attached hydrogens (tertiary/aromatic N) is 2. The molecular weight excluding hydrogens is 645 g/mol. The maximum atomic E-state index is 15.2. The van der Waals surface area contributed by atoms with Gasteiger partial charge in [0.15, 0.2) is 0 Å². The largest absolute Gasteiger partial charge is 0.497 e. The fourth-order valence-corrected chi connectivity index (χ4v) is 7.49. The molecule has 0 aliphatic heterocycles. The number of aryl methyl sites for hydroxylation is 1. The summed E-state index contributed by atoms with van der Waals surface area (Å²) in [5, 5.41) is 3.12. The van der Waals surface area contributed by atoms with Gasteiger partial charge in [-0.1, -0.05) is 79.1 Å². The van der Waals surface area contributed by atoms with Crippen LogP contribution in [0.15, 0.2) is 102 Å². The van der Waals surface area contributed by atoms with Gasteiger partial charge >= 0.3 is 0 Å². The van der Waals surface area contributed by atoms with Crippen LogP contribution in [0.1, 0.15) is 42.4 Å². The SMILES string of the molecule is COc1ccc(OC)c(N(CC(=O)N(Cc2ccccc2F)[C@@H](Cc2ccccc2)C(=O)NC2CCCC2)S(=O)(=O)c2ccc(C)cc2)c1. The maximum Gasteiger partial charge on any atom is 0.264 e. The number of benzene rings is 4. The summed E-state index contributed by atoms with van der Waals surface area (Å²) in [4.78, 5) is 30.1. The summed E-state index contributed by atoms with van der Waals surface area (Å²) in [6.07, 6.45) is 3.75. The monoisotopic (exact) mass is 687 g/mol. The van der Waals surface area contributed by atoms with Crippen LogP contribution in [0.25, 0.3) is 0 Å². The van der Waals surface area contributed by atoms with Crippen molar-refractivity contribution in [2.45, 2.75) is 62.6 Å². The minimum Gasteiger partial charge on any atom is -0.497 e. The highest BCUT2D eigenvalue weighted by Gasteiger charge is 2.37. The summed E-state index contributed by atoms with van der Waals surface area (Å²) in [6, 6.07) is 25.1. The fourth-order valence-electron chi connectivity index (χ4n) is 6.07. The summed E-state index contributed by atoms with van der Waals surface area (Å²) < 4.78 is 56.0. The van der Waals surface area contributed by atoms with Gasteiger partial charge in [-0.05, 0) is 55.7 Å². The number of nitrogens with one attached hydrogen (secondary N) is 1. The molecule has 1 fully saturated rings. The number of halogens is 1. The third-order valence-electron chi connectivity index (χ3n) is 8.81. The summed E-state index contributed by atoms with van der Waals surface area (Å²) in [5.74, 6) is -1.11. The Bertz CT molecular complexity index is 1850. The second-order valence-electron chi connectivity index (χ2n) is 12.2. The van der Waals surface area contributed by atoms with Gasteiger partial charge in [-0.2, -0.15) is 0 Å². The van der Waals surface area contributed by atoms with E-state index in [0.717, 1.165) is 41.1 Å². The smallest absolute Gasteiger partial charge is 0.264 e. The van der Waals surface area contributed by atoms with Gasteiger partial charge in [-0.15, -0.1) is 0 Å². The first-order chi connectivity index (χ1) is 23.6. The normalized spacial score (nSPS) is 13.8. The fraction of sp³-hybridized carbons (Fsp3) is 0.316. The quantitative estimate of drug-likeness (QED) is 0.173. The molecule has 4 aromatic rings. The Morgan fingerprint density at radius 1 is 0.898 bits per heavy atom. The molecule has 1 saturated carbocycles. The van der Waals surface area contributed by atoms with Gasteiger partial charge in [0.05, 0.1) is 24.8 Å². The standard InChI is InChI=1S/C38H42FN3O6S/c1-27-17-20-32(21-18-27)49(45,46)42(34-24-31(47-2)19-22-36(34)48-3)26-37(43)41(25-29-13-7-10-16-33(29)39)35(23-28-11-5-4-6-12-28)38(44)40-30-14-8-9-15-30/h4-7,10-13,16-22,24,30,35H,8-9,14-15,23,25-26H2,1-3H3,(H,40,44)/t35-/m0/s1. The molecule has 5 rings (SSSR count). The molecule has 11 heteroatoms. The van der Waals surface area contributed by atoms with Gasteiger partial charge in [-0.3, -0.25) is 13.9 Å². The van der Waals surface area contributed by atoms with Gasteiger partial charge < -0.3 is 19.7 Å². The van der Waals surface area contributed by atoms with Crippen molar-refractivity contribution in [2.75, 3.05) is 25.1 Å². The third kappa shape index (κ3) is 8.58. The lowest BCUT2D eigenvalue weighted by atomic mass is 10.0. The molecule has 1 N–H and O–H groups in total. The molecule has 1 aliphatic carbocycles. The van der Waals surface area contributed by atoms with E-state index < -0.39 is 34.3 Å². The van der Waals surface area contributed by atoms with E-state index in [1.54, 1.807) is 42.5 Å². The van der Waals surface area contributed by atoms with Gasteiger partial charge in [0.25, 0.3) is 10.0 Å². The predicted molar refractivity (Wildman–Crippen MR) is 187 cm³/mol. The van der Waals surface area contributed by atoms with Crippen LogP contribution in [0, 0.1) is 12.7 Å². The van der Waals surface area contributed by atoms with Crippen LogP contribution in [0.2, 0.25) is 0 Å². The highest BCUT2D eigenvalue weighted by Crippen LogP contribution is 2.36. The Labute approximate surface area is 287 Å². The molecule has 1 atom stereocenters. The Hall–Kier alpha value is -4.90. The lowest BCUT2D eigenvalue weighted by Crippen LogP contribution is -2.54. The average Bonchev–Trinajstić information content (AvgIpc) is 3.62. The molecule has 1 aliphatic rings. The molecule has 9 nitrogen and oxygen atoms in total. The van der Waals surface area contributed by atoms with E-state index in [9.17, 15) is 18.0 Å². The molecule has 0 unspecified atom stereocenters. The number of ether oxygens (including phenoxy) is 2. The Morgan fingerprint density at radius 3 is 2.22 bits per heavy atom. The van der Waals surface area contributed by atoms with E-state index in [1.807, 2.05) is 37.3 Å². The first-order valence-electron chi connectivity index (χ1n) is 16.3. The van der Waals surface area contributed by atoms with Crippen molar-refractivity contribution in [3.63, 3.8) is 0 Å². The number of methoxy groups -OCH3 is 2. The van der Waals surface area contributed by atoms with Crippen molar-refractivity contribution in [1.29, 1.82) is 0 Å². The second-order valence-corrected chi connectivity index (χ2v) is 14.0. The van der Waals surface area contributed by atoms with Crippen LogP contribution in [0.3, 0.4) is 0 Å². The van der Waals surface area contributed by atoms with Crippen molar-refractivity contribution in [2.24, 2.45) is 0 Å². The molecule has 4 aromatic carbocycles. The zero-order valence-electron chi connectivity index (χ0n) is 28.0. The lowest BCUT2D eigenvalue weighted by Gasteiger charge is -2.34. The molecule has 258 valence electrons. The Kier molecular flexibility index (Phi) is 11.6. The topological polar surface area (TPSA) is 105 Å². The Balaban J connectivity index is 1.62. The number of carbonyl (C=O) groups is 2. The van der Waals surface area contributed by atoms with Crippen LogP contribution in [-0.4, -0.2) is 58.0 Å². The third-order valence-corrected chi connectivity index (χ3v) is 10.6. The van der Waals surface area contributed by atoms with Crippen molar-refractivity contribution in [3.05, 3.63) is 120 Å². The number of amides is 2. The average molecular weight is 688 g/mol. The van der Waals surface area contributed by atoms with Crippen molar-refractivity contribution in [3.8, 4) is 11.5 Å². The molecule has 2 amide bonds. The van der Waals surface area contributed by atoms with E-state index in [2.05, 4.69) is 5.32 Å². The first-order valence-corrected chi connectivity index (χ1v) is 17.7. The summed E-state index contributed by atoms with van der Waals surface area (Å²) >= 11 is 0. The lowest BCUT2D eigenvalue weighted by molar-refractivity contribution is -0.140. The van der Waals surface area contributed by atoms with Gasteiger partial charge in [-0.25, -0.2) is 12.8 Å². The summed E-state index contributed by atoms with van der Waals surface area (Å²) in [5.41, 5.74) is 1.90. The van der Waals surface area contributed by atoms with E-state index in [4.69, 9.17) is 9.47 Å². The van der Waals surface area contributed by atoms with E-state index in [1.165, 1.54) is 43.4 Å². The molecule has 49 heavy (non-hydrogen) atoms. The predicted octanol–water partition coefficient (Wildman–Crippen LogP) is 6.05. The van der Waals surface area contributed by atoms with Crippen molar-refractivity contribution in [1.82, 2.24) is 10.2 Å². The number of anilines is 1. The number of hydrogen-bond donors (Lipinski definition) is 1. The minimum absolute atomic E-state index is 0.0451. The highest BCUT2D eigenvalue weighted by atomic mass is 32.2. The van der Waals surface area contributed by atoms with Crippen LogP contribution < -0.4 is 19.1 Å². The molecular formula is C38H42FN3O6S. The van der Waals surface area contributed by atoms with E-state index in [-0.39, 0.29) is 46.8 Å². The molecule has 0 aromatic heterocycles. The summed E-state index contributed by atoms with van der Waals surface area (Å²) in [7, 11) is -1.54. The maximum absolute atomic E-state index is 15.2. The van der Waals surface area contributed by atoms with Crippen LogP contribution in [0.5, 0.6) is 11.5 Å². The zero-order chi connectivity index (χ0) is 35.0.